The van der Waals surface area contributed by atoms with Crippen molar-refractivity contribution >= 4 is 33.2 Å². The molecule has 2 heterocycles. The normalized spacial score (nSPS) is 30.3. The number of benzene rings is 1. The Hall–Kier alpha value is -1.18. The summed E-state index contributed by atoms with van der Waals surface area (Å²) in [7, 11) is -2.74. The van der Waals surface area contributed by atoms with Crippen molar-refractivity contribution in [3.05, 3.63) is 24.3 Å². The summed E-state index contributed by atoms with van der Waals surface area (Å²) in [6, 6.07) is 7.65. The smallest absolute Gasteiger partial charge is 0.218 e. The summed E-state index contributed by atoms with van der Waals surface area (Å²) in [5.74, 6) is 1.33. The minimum Gasteiger partial charge on any atom is -0.494 e. The van der Waals surface area contributed by atoms with E-state index in [1.807, 2.05) is 29.2 Å². The van der Waals surface area contributed by atoms with Crippen LogP contribution in [0.3, 0.4) is 0 Å². The molecule has 0 aromatic heterocycles. The largest absolute Gasteiger partial charge is 0.494 e. The predicted molar refractivity (Wildman–Crippen MR) is 93.0 cm³/mol. The van der Waals surface area contributed by atoms with E-state index < -0.39 is 10.2 Å². The van der Waals surface area contributed by atoms with Gasteiger partial charge in [0.25, 0.3) is 0 Å². The van der Waals surface area contributed by atoms with Crippen molar-refractivity contribution < 1.29 is 13.5 Å². The summed E-state index contributed by atoms with van der Waals surface area (Å²) in [5, 5.41) is 3.79. The van der Waals surface area contributed by atoms with Gasteiger partial charge in [-0.1, -0.05) is 23.6 Å². The number of nitrogens with zero attached hydrogens (tertiary/aromatic N) is 1. The van der Waals surface area contributed by atoms with E-state index in [2.05, 4.69) is 12.2 Å². The molecule has 0 aliphatic carbocycles. The van der Waals surface area contributed by atoms with E-state index in [4.69, 9.17) is 17.0 Å². The molecule has 1 unspecified atom stereocenters. The van der Waals surface area contributed by atoms with Crippen LogP contribution in [0.25, 0.3) is 0 Å². The first-order valence-corrected chi connectivity index (χ1v) is 9.81. The maximum Gasteiger partial charge on any atom is 0.218 e. The summed E-state index contributed by atoms with van der Waals surface area (Å²) in [4.78, 5) is 1.95. The lowest BCUT2D eigenvalue weighted by atomic mass is 10.1. The van der Waals surface area contributed by atoms with Gasteiger partial charge in [-0.25, -0.2) is 0 Å². The van der Waals surface area contributed by atoms with E-state index >= 15 is 0 Å². The van der Waals surface area contributed by atoms with E-state index in [9.17, 15) is 8.76 Å². The Morgan fingerprint density at radius 1 is 1.50 bits per heavy atom. The fourth-order valence-electron chi connectivity index (χ4n) is 2.98. The van der Waals surface area contributed by atoms with Gasteiger partial charge in [0.15, 0.2) is 16.6 Å². The number of rotatable bonds is 5. The first-order valence-electron chi connectivity index (χ1n) is 7.55. The third-order valence-electron chi connectivity index (χ3n) is 4.06. The Labute approximate surface area is 137 Å². The molecule has 2 fully saturated rings. The van der Waals surface area contributed by atoms with Crippen LogP contribution in [0.2, 0.25) is 0 Å². The van der Waals surface area contributed by atoms with Crippen LogP contribution in [0.5, 0.6) is 5.75 Å². The van der Waals surface area contributed by atoms with Crippen LogP contribution in [0.1, 0.15) is 19.8 Å². The monoisotopic (exact) mass is 341 g/mol. The highest BCUT2D eigenvalue weighted by molar-refractivity contribution is 7.98. The van der Waals surface area contributed by atoms with Crippen molar-refractivity contribution in [2.24, 2.45) is 0 Å². The zero-order valence-electron chi connectivity index (χ0n) is 12.5. The Bertz CT molecular complexity index is 623. The summed E-state index contributed by atoms with van der Waals surface area (Å²) in [6.07, 6.45) is 2.11. The maximum atomic E-state index is 11.9. The number of hydrogen-bond acceptors (Lipinski definition) is 3. The number of unbranched alkanes of at least 4 members (excludes halogenated alkanes) is 1. The van der Waals surface area contributed by atoms with Crippen LogP contribution < -0.4 is 15.0 Å². The van der Waals surface area contributed by atoms with Crippen molar-refractivity contribution in [3.8, 4) is 5.75 Å². The van der Waals surface area contributed by atoms with E-state index in [0.717, 1.165) is 24.3 Å². The molecule has 3 rings (SSSR count). The van der Waals surface area contributed by atoms with Crippen LogP contribution in [0, 0.1) is 0 Å². The summed E-state index contributed by atoms with van der Waals surface area (Å²) in [5.41, 5.74) is 0.913. The molecule has 3 atom stereocenters. The fraction of sp³-hybridized carbons (Fsp3) is 0.533. The molecule has 120 valence electrons. The second-order valence-corrected chi connectivity index (χ2v) is 8.40. The molecular weight excluding hydrogens is 320 g/mol. The van der Waals surface area contributed by atoms with Crippen LogP contribution in [-0.2, 0) is 14.4 Å². The van der Waals surface area contributed by atoms with Crippen molar-refractivity contribution in [3.63, 3.8) is 0 Å². The molecule has 0 bridgehead atoms. The van der Waals surface area contributed by atoms with E-state index in [0.29, 0.717) is 11.7 Å². The number of hydrogen-bond donors (Lipinski definition) is 2. The van der Waals surface area contributed by atoms with Gasteiger partial charge in [-0.15, -0.1) is 0 Å². The molecule has 22 heavy (non-hydrogen) atoms. The van der Waals surface area contributed by atoms with Gasteiger partial charge in [-0.3, -0.25) is 0 Å². The third kappa shape index (κ3) is 3.11. The van der Waals surface area contributed by atoms with Gasteiger partial charge in [0.05, 0.1) is 6.61 Å². The lowest BCUT2D eigenvalue weighted by Gasteiger charge is -2.22. The Morgan fingerprint density at radius 3 is 3.09 bits per heavy atom. The molecule has 1 aromatic carbocycles. The van der Waals surface area contributed by atoms with Crippen LogP contribution >= 0.6 is 12.2 Å². The van der Waals surface area contributed by atoms with E-state index in [1.54, 1.807) is 0 Å². The van der Waals surface area contributed by atoms with Crippen molar-refractivity contribution in [2.45, 2.75) is 31.8 Å². The lowest BCUT2D eigenvalue weighted by Crippen LogP contribution is -2.37. The average Bonchev–Trinajstić information content (AvgIpc) is 2.89. The molecule has 2 aliphatic heterocycles. The van der Waals surface area contributed by atoms with Gasteiger partial charge >= 0.3 is 0 Å². The molecule has 2 saturated heterocycles. The molecule has 5 nitrogen and oxygen atoms in total. The molecule has 0 amide bonds. The number of ether oxygens (including phenoxy) is 1. The standard InChI is InChI=1S/C15H20N2O3S2/c1-2-3-7-20-12-6-4-5-11(8-12)17-14-10-22(18,19)9-13(14)16-15(17)21/h4-6,8,13-14H,2-3,7,9-10H2,1H3,(H-,16,18,19,21)/p+1/t13-,14+/m1/s1. The van der Waals surface area contributed by atoms with E-state index in [-0.39, 0.29) is 23.6 Å². The molecule has 2 N–H and O–H groups in total. The first-order chi connectivity index (χ1) is 10.5. The second kappa shape index (κ2) is 6.14. The Balaban J connectivity index is 1.79. The lowest BCUT2D eigenvalue weighted by molar-refractivity contribution is 0.309. The van der Waals surface area contributed by atoms with Gasteiger partial charge in [-0.2, -0.15) is 4.55 Å². The van der Waals surface area contributed by atoms with E-state index in [1.165, 1.54) is 0 Å². The molecule has 2 aliphatic rings. The minimum atomic E-state index is -2.74. The first kappa shape index (κ1) is 15.7. The summed E-state index contributed by atoms with van der Waals surface area (Å²) >= 11 is 5.40. The highest BCUT2D eigenvalue weighted by Gasteiger charge is 2.54. The Kier molecular flexibility index (Phi) is 4.38. The molecule has 0 radical (unpaired) electrons. The van der Waals surface area contributed by atoms with Crippen molar-refractivity contribution in [2.75, 3.05) is 23.0 Å². The quantitative estimate of drug-likeness (QED) is 0.487. The molecule has 0 saturated carbocycles. The molecular formula is C15H21N2O3S2+. The maximum absolute atomic E-state index is 11.9. The second-order valence-electron chi connectivity index (χ2n) is 5.80. The topological polar surface area (TPSA) is 61.8 Å². The molecule has 1 aromatic rings. The Morgan fingerprint density at radius 2 is 2.32 bits per heavy atom. The van der Waals surface area contributed by atoms with Crippen LogP contribution in [0.15, 0.2) is 24.3 Å². The fourth-order valence-corrected chi connectivity index (χ4v) is 5.29. The van der Waals surface area contributed by atoms with Crippen molar-refractivity contribution in [1.82, 2.24) is 5.32 Å². The predicted octanol–water partition coefficient (Wildman–Crippen LogP) is 2.28. The number of fused-ring (bicyclic) bond motifs is 1. The average molecular weight is 341 g/mol. The van der Waals surface area contributed by atoms with Gasteiger partial charge in [-0.05, 0) is 30.8 Å². The van der Waals surface area contributed by atoms with Crippen LogP contribution in [-0.4, -0.2) is 39.9 Å². The summed E-state index contributed by atoms with van der Waals surface area (Å²) in [6.45, 7) is 2.82. The number of anilines is 1. The summed E-state index contributed by atoms with van der Waals surface area (Å²) < 4.78 is 27.5. The van der Waals surface area contributed by atoms with Crippen LogP contribution in [0.4, 0.5) is 5.69 Å². The van der Waals surface area contributed by atoms with Gasteiger partial charge in [0.1, 0.15) is 17.8 Å². The van der Waals surface area contributed by atoms with Gasteiger partial charge < -0.3 is 15.0 Å². The zero-order valence-corrected chi connectivity index (χ0v) is 14.2. The molecule has 0 spiro atoms. The highest BCUT2D eigenvalue weighted by Crippen LogP contribution is 2.33. The van der Waals surface area contributed by atoms with Crippen molar-refractivity contribution in [1.29, 1.82) is 0 Å². The highest BCUT2D eigenvalue weighted by atomic mass is 32.3. The SMILES string of the molecule is CCCCOc1cccc(N2C(=S)N[C@@H]3C[S+](=O)(O)C[C@@H]32)c1. The molecule has 7 heteroatoms. The van der Waals surface area contributed by atoms with Gasteiger partial charge in [0, 0.05) is 11.8 Å². The minimum absolute atomic E-state index is 0.0466. The number of thiocarbonyl (C=S) groups is 1. The third-order valence-corrected chi connectivity index (χ3v) is 6.11. The van der Waals surface area contributed by atoms with Gasteiger partial charge in [0.2, 0.25) is 10.2 Å². The zero-order chi connectivity index (χ0) is 15.7. The number of nitrogens with one attached hydrogen (secondary N) is 1.